The Morgan fingerprint density at radius 2 is 2.05 bits per heavy atom. The molecule has 1 rings (SSSR count). The zero-order valence-electron chi connectivity index (χ0n) is 11.8. The number of aliphatic hydroxyl groups is 1. The van der Waals surface area contributed by atoms with E-state index in [9.17, 15) is 9.90 Å². The van der Waals surface area contributed by atoms with E-state index in [1.807, 2.05) is 39.0 Å². The van der Waals surface area contributed by atoms with E-state index in [1.54, 1.807) is 6.92 Å². The second kappa shape index (κ2) is 7.06. The number of rotatable bonds is 5. The van der Waals surface area contributed by atoms with Crippen LogP contribution in [0, 0.1) is 18.8 Å². The first-order chi connectivity index (χ1) is 8.88. The topological polar surface area (TPSA) is 46.5 Å². The maximum Gasteiger partial charge on any atom is 0.312 e. The molecule has 0 spiro atoms. The number of ether oxygens (including phenoxy) is 1. The SMILES string of the molecule is CCOC(=O)C(C(C)C)C(O)c1ccc(C)c(Br)c1. The Kier molecular flexibility index (Phi) is 6.01. The zero-order valence-corrected chi connectivity index (χ0v) is 13.4. The van der Waals surface area contributed by atoms with Crippen molar-refractivity contribution in [1.82, 2.24) is 0 Å². The standard InChI is InChI=1S/C15H21BrO3/c1-5-19-15(18)13(9(2)3)14(17)11-7-6-10(4)12(16)8-11/h6-9,13-14,17H,5H2,1-4H3. The summed E-state index contributed by atoms with van der Waals surface area (Å²) in [7, 11) is 0. The van der Waals surface area contributed by atoms with Crippen LogP contribution >= 0.6 is 15.9 Å². The third-order valence-electron chi connectivity index (χ3n) is 3.15. The summed E-state index contributed by atoms with van der Waals surface area (Å²) in [6.07, 6.45) is -0.851. The molecule has 0 aliphatic rings. The molecule has 106 valence electrons. The molecule has 0 saturated carbocycles. The molecule has 19 heavy (non-hydrogen) atoms. The van der Waals surface area contributed by atoms with Crippen LogP contribution in [0.3, 0.4) is 0 Å². The molecule has 0 aromatic heterocycles. The van der Waals surface area contributed by atoms with E-state index in [4.69, 9.17) is 4.74 Å². The largest absolute Gasteiger partial charge is 0.466 e. The minimum Gasteiger partial charge on any atom is -0.466 e. The smallest absolute Gasteiger partial charge is 0.312 e. The van der Waals surface area contributed by atoms with E-state index < -0.39 is 12.0 Å². The maximum atomic E-state index is 12.0. The summed E-state index contributed by atoms with van der Waals surface area (Å²) >= 11 is 3.44. The van der Waals surface area contributed by atoms with Crippen LogP contribution in [0.25, 0.3) is 0 Å². The van der Waals surface area contributed by atoms with E-state index in [2.05, 4.69) is 15.9 Å². The lowest BCUT2D eigenvalue weighted by atomic mass is 9.86. The average molecular weight is 329 g/mol. The second-order valence-corrected chi connectivity index (χ2v) is 5.83. The molecule has 0 heterocycles. The van der Waals surface area contributed by atoms with E-state index in [-0.39, 0.29) is 11.9 Å². The quantitative estimate of drug-likeness (QED) is 0.839. The summed E-state index contributed by atoms with van der Waals surface area (Å²) in [4.78, 5) is 12.0. The fraction of sp³-hybridized carbons (Fsp3) is 0.533. The molecule has 0 fully saturated rings. The van der Waals surface area contributed by atoms with E-state index >= 15 is 0 Å². The molecule has 3 nitrogen and oxygen atoms in total. The number of benzene rings is 1. The summed E-state index contributed by atoms with van der Waals surface area (Å²) < 4.78 is 5.98. The third-order valence-corrected chi connectivity index (χ3v) is 4.01. The number of aliphatic hydroxyl groups excluding tert-OH is 1. The summed E-state index contributed by atoms with van der Waals surface area (Å²) in [5, 5.41) is 10.4. The van der Waals surface area contributed by atoms with Crippen LogP contribution in [0.1, 0.15) is 38.0 Å². The summed E-state index contributed by atoms with van der Waals surface area (Å²) in [5.74, 6) is -0.884. The first-order valence-electron chi connectivity index (χ1n) is 6.49. The van der Waals surface area contributed by atoms with Gasteiger partial charge in [0, 0.05) is 4.47 Å². The van der Waals surface area contributed by atoms with Crippen LogP contribution in [-0.4, -0.2) is 17.7 Å². The predicted octanol–water partition coefficient (Wildman–Crippen LogP) is 3.63. The van der Waals surface area contributed by atoms with Crippen molar-refractivity contribution in [2.24, 2.45) is 11.8 Å². The minimum atomic E-state index is -0.851. The summed E-state index contributed by atoms with van der Waals surface area (Å²) in [6.45, 7) is 7.89. The number of carbonyl (C=O) groups excluding carboxylic acids is 1. The minimum absolute atomic E-state index is 0.00845. The van der Waals surface area contributed by atoms with Gasteiger partial charge in [-0.2, -0.15) is 0 Å². The van der Waals surface area contributed by atoms with Crippen LogP contribution in [-0.2, 0) is 9.53 Å². The Balaban J connectivity index is 3.01. The molecule has 2 atom stereocenters. The molecule has 2 unspecified atom stereocenters. The first-order valence-corrected chi connectivity index (χ1v) is 7.28. The number of esters is 1. The van der Waals surface area contributed by atoms with Crippen molar-refractivity contribution < 1.29 is 14.6 Å². The Morgan fingerprint density at radius 1 is 1.42 bits per heavy atom. The van der Waals surface area contributed by atoms with Gasteiger partial charge in [0.15, 0.2) is 0 Å². The van der Waals surface area contributed by atoms with Crippen LogP contribution < -0.4 is 0 Å². The monoisotopic (exact) mass is 328 g/mol. The number of hydrogen-bond donors (Lipinski definition) is 1. The van der Waals surface area contributed by atoms with Gasteiger partial charge in [0.1, 0.15) is 0 Å². The summed E-state index contributed by atoms with van der Waals surface area (Å²) in [6, 6.07) is 5.62. The zero-order chi connectivity index (χ0) is 14.6. The second-order valence-electron chi connectivity index (χ2n) is 4.98. The molecule has 4 heteroatoms. The van der Waals surface area contributed by atoms with Crippen LogP contribution in [0.5, 0.6) is 0 Å². The van der Waals surface area contributed by atoms with Crippen LogP contribution in [0.4, 0.5) is 0 Å². The number of carbonyl (C=O) groups is 1. The van der Waals surface area contributed by atoms with Crippen molar-refractivity contribution in [1.29, 1.82) is 0 Å². The van der Waals surface area contributed by atoms with Crippen molar-refractivity contribution in [3.8, 4) is 0 Å². The van der Waals surface area contributed by atoms with Gasteiger partial charge < -0.3 is 9.84 Å². The third kappa shape index (κ3) is 4.05. The fourth-order valence-corrected chi connectivity index (χ4v) is 2.40. The molecule has 0 saturated heterocycles. The van der Waals surface area contributed by atoms with Gasteiger partial charge in [0.05, 0.1) is 18.6 Å². The lowest BCUT2D eigenvalue weighted by Crippen LogP contribution is -2.29. The van der Waals surface area contributed by atoms with Gasteiger partial charge in [-0.25, -0.2) is 0 Å². The lowest BCUT2D eigenvalue weighted by molar-refractivity contribution is -0.154. The Hall–Kier alpha value is -0.870. The highest BCUT2D eigenvalue weighted by Gasteiger charge is 2.32. The Bertz CT molecular complexity index is 443. The molecular formula is C15H21BrO3. The van der Waals surface area contributed by atoms with Crippen LogP contribution in [0.2, 0.25) is 0 Å². The molecule has 1 aromatic rings. The molecule has 0 aliphatic carbocycles. The Morgan fingerprint density at radius 3 is 2.53 bits per heavy atom. The van der Waals surface area contributed by atoms with E-state index in [1.165, 1.54) is 0 Å². The molecule has 1 aromatic carbocycles. The van der Waals surface area contributed by atoms with Crippen molar-refractivity contribution in [2.75, 3.05) is 6.61 Å². The van der Waals surface area contributed by atoms with Gasteiger partial charge in [-0.3, -0.25) is 4.79 Å². The normalized spacial score (nSPS) is 14.3. The summed E-state index contributed by atoms with van der Waals surface area (Å²) in [5.41, 5.74) is 1.82. The average Bonchev–Trinajstić information content (AvgIpc) is 2.32. The van der Waals surface area contributed by atoms with Gasteiger partial charge in [-0.15, -0.1) is 0 Å². The van der Waals surface area contributed by atoms with Crippen molar-refractivity contribution in [3.05, 3.63) is 33.8 Å². The Labute approximate surface area is 123 Å². The van der Waals surface area contributed by atoms with Gasteiger partial charge in [-0.1, -0.05) is 41.9 Å². The van der Waals surface area contributed by atoms with Gasteiger partial charge in [0.2, 0.25) is 0 Å². The maximum absolute atomic E-state index is 12.0. The number of aryl methyl sites for hydroxylation is 1. The molecule has 0 aliphatic heterocycles. The van der Waals surface area contributed by atoms with Crippen molar-refractivity contribution in [3.63, 3.8) is 0 Å². The first kappa shape index (κ1) is 16.2. The van der Waals surface area contributed by atoms with E-state index in [0.29, 0.717) is 6.61 Å². The number of halogens is 1. The lowest BCUT2D eigenvalue weighted by Gasteiger charge is -2.25. The predicted molar refractivity (Wildman–Crippen MR) is 78.8 cm³/mol. The van der Waals surface area contributed by atoms with Gasteiger partial charge >= 0.3 is 5.97 Å². The van der Waals surface area contributed by atoms with Crippen molar-refractivity contribution >= 4 is 21.9 Å². The molecule has 0 amide bonds. The molecule has 0 radical (unpaired) electrons. The van der Waals surface area contributed by atoms with Gasteiger partial charge in [0.25, 0.3) is 0 Å². The highest BCUT2D eigenvalue weighted by atomic mass is 79.9. The molecule has 0 bridgehead atoms. The van der Waals surface area contributed by atoms with Gasteiger partial charge in [-0.05, 0) is 37.0 Å². The molecular weight excluding hydrogens is 308 g/mol. The molecule has 1 N–H and O–H groups in total. The van der Waals surface area contributed by atoms with Crippen molar-refractivity contribution in [2.45, 2.75) is 33.8 Å². The van der Waals surface area contributed by atoms with E-state index in [0.717, 1.165) is 15.6 Å². The number of hydrogen-bond acceptors (Lipinski definition) is 3. The van der Waals surface area contributed by atoms with Crippen LogP contribution in [0.15, 0.2) is 22.7 Å². The fourth-order valence-electron chi connectivity index (χ4n) is 2.00. The highest BCUT2D eigenvalue weighted by Crippen LogP contribution is 2.31. The highest BCUT2D eigenvalue weighted by molar-refractivity contribution is 9.10.